The van der Waals surface area contributed by atoms with Gasteiger partial charge in [-0.3, -0.25) is 10.1 Å². The van der Waals surface area contributed by atoms with Crippen LogP contribution in [0.15, 0.2) is 24.3 Å². The second kappa shape index (κ2) is 6.56. The van der Waals surface area contributed by atoms with Crippen molar-refractivity contribution in [3.05, 3.63) is 46.0 Å². The summed E-state index contributed by atoms with van der Waals surface area (Å²) in [5, 5.41) is 3.55. The molecular formula is C15H18ClN3OS. The molecule has 0 fully saturated rings. The van der Waals surface area contributed by atoms with Crippen LogP contribution >= 0.6 is 23.7 Å². The highest BCUT2D eigenvalue weighted by molar-refractivity contribution is 7.15. The number of nitrogens with two attached hydrogens (primary N) is 1. The Bertz CT molecular complexity index is 639. The van der Waals surface area contributed by atoms with E-state index in [1.54, 1.807) is 11.3 Å². The highest BCUT2D eigenvalue weighted by Crippen LogP contribution is 2.29. The van der Waals surface area contributed by atoms with E-state index in [-0.39, 0.29) is 24.4 Å². The molecule has 1 aromatic carbocycles. The summed E-state index contributed by atoms with van der Waals surface area (Å²) in [6, 6.07) is 7.74. The number of hydrogen-bond donors (Lipinski definition) is 2. The van der Waals surface area contributed by atoms with E-state index < -0.39 is 0 Å². The third-order valence-electron chi connectivity index (χ3n) is 3.51. The second-order valence-corrected chi connectivity index (χ2v) is 6.30. The monoisotopic (exact) mass is 323 g/mol. The fourth-order valence-corrected chi connectivity index (χ4v) is 3.42. The van der Waals surface area contributed by atoms with Crippen molar-refractivity contribution in [2.75, 3.05) is 5.32 Å². The molecule has 1 aliphatic carbocycles. The number of carbonyl (C=O) groups excluding carboxylic acids is 1. The minimum absolute atomic E-state index is 0. The van der Waals surface area contributed by atoms with Gasteiger partial charge in [0, 0.05) is 16.5 Å². The van der Waals surface area contributed by atoms with Gasteiger partial charge in [-0.2, -0.15) is 0 Å². The van der Waals surface area contributed by atoms with Crippen LogP contribution in [0, 0.1) is 6.92 Å². The van der Waals surface area contributed by atoms with Crippen molar-refractivity contribution in [3.63, 3.8) is 0 Å². The molecule has 0 saturated heterocycles. The zero-order chi connectivity index (χ0) is 14.1. The molecule has 0 unspecified atom stereocenters. The number of thiazole rings is 1. The highest BCUT2D eigenvalue weighted by Gasteiger charge is 2.20. The van der Waals surface area contributed by atoms with E-state index >= 15 is 0 Å². The van der Waals surface area contributed by atoms with E-state index in [9.17, 15) is 4.79 Å². The average molecular weight is 324 g/mol. The van der Waals surface area contributed by atoms with E-state index in [0.717, 1.165) is 30.5 Å². The van der Waals surface area contributed by atoms with E-state index in [4.69, 9.17) is 5.73 Å². The highest BCUT2D eigenvalue weighted by atomic mass is 35.5. The maximum atomic E-state index is 12.1. The first-order valence-corrected chi connectivity index (χ1v) is 7.55. The molecule has 1 aromatic heterocycles. The van der Waals surface area contributed by atoms with Crippen molar-refractivity contribution in [1.82, 2.24) is 4.98 Å². The molecule has 1 amide bonds. The molecule has 1 atom stereocenters. The Morgan fingerprint density at radius 3 is 2.81 bits per heavy atom. The molecule has 0 bridgehead atoms. The third-order valence-corrected chi connectivity index (χ3v) is 4.55. The van der Waals surface area contributed by atoms with Gasteiger partial charge in [-0.05, 0) is 38.3 Å². The molecule has 3 rings (SSSR count). The summed E-state index contributed by atoms with van der Waals surface area (Å²) in [5.74, 6) is -0.111. The summed E-state index contributed by atoms with van der Waals surface area (Å²) in [6.45, 7) is 2.00. The van der Waals surface area contributed by atoms with E-state index in [0.29, 0.717) is 10.7 Å². The number of hydrogen-bond acceptors (Lipinski definition) is 4. The molecule has 1 heterocycles. The Labute approximate surface area is 134 Å². The van der Waals surface area contributed by atoms with Crippen LogP contribution in [0.5, 0.6) is 0 Å². The molecule has 6 heteroatoms. The quantitative estimate of drug-likeness (QED) is 0.892. The van der Waals surface area contributed by atoms with Crippen LogP contribution in [0.2, 0.25) is 0 Å². The van der Waals surface area contributed by atoms with Crippen molar-refractivity contribution in [2.24, 2.45) is 5.73 Å². The number of anilines is 1. The molecule has 4 nitrogen and oxygen atoms in total. The van der Waals surface area contributed by atoms with E-state index in [2.05, 4.69) is 10.3 Å². The molecule has 21 heavy (non-hydrogen) atoms. The number of aromatic nitrogens is 1. The number of aryl methyl sites for hydroxylation is 2. The molecular weight excluding hydrogens is 306 g/mol. The lowest BCUT2D eigenvalue weighted by molar-refractivity contribution is 0.102. The van der Waals surface area contributed by atoms with Crippen molar-refractivity contribution in [3.8, 4) is 0 Å². The number of benzene rings is 1. The molecule has 0 saturated carbocycles. The largest absolute Gasteiger partial charge is 0.327 e. The van der Waals surface area contributed by atoms with Crippen LogP contribution in [-0.4, -0.2) is 16.9 Å². The predicted molar refractivity (Wildman–Crippen MR) is 88.5 cm³/mol. The van der Waals surface area contributed by atoms with Gasteiger partial charge in [0.25, 0.3) is 5.91 Å². The number of amides is 1. The first-order chi connectivity index (χ1) is 9.61. The van der Waals surface area contributed by atoms with Crippen LogP contribution in [-0.2, 0) is 12.8 Å². The molecule has 0 aliphatic heterocycles. The topological polar surface area (TPSA) is 68.0 Å². The van der Waals surface area contributed by atoms with Crippen molar-refractivity contribution < 1.29 is 4.79 Å². The Kier molecular flexibility index (Phi) is 4.98. The van der Waals surface area contributed by atoms with Crippen LogP contribution in [0.4, 0.5) is 5.13 Å². The summed E-state index contributed by atoms with van der Waals surface area (Å²) in [7, 11) is 0. The van der Waals surface area contributed by atoms with Crippen molar-refractivity contribution in [1.29, 1.82) is 0 Å². The van der Waals surface area contributed by atoms with Gasteiger partial charge in [0.1, 0.15) is 0 Å². The lowest BCUT2D eigenvalue weighted by atomic mass is 9.99. The minimum Gasteiger partial charge on any atom is -0.327 e. The first-order valence-electron chi connectivity index (χ1n) is 6.74. The van der Waals surface area contributed by atoms with E-state index in [1.165, 1.54) is 4.88 Å². The Balaban J connectivity index is 0.00000161. The first kappa shape index (κ1) is 15.9. The molecule has 0 radical (unpaired) electrons. The van der Waals surface area contributed by atoms with Crippen molar-refractivity contribution in [2.45, 2.75) is 32.2 Å². The summed E-state index contributed by atoms with van der Waals surface area (Å²) in [5.41, 5.74) is 8.84. The smallest absolute Gasteiger partial charge is 0.257 e. The molecule has 0 spiro atoms. The Morgan fingerprint density at radius 2 is 2.10 bits per heavy atom. The SMILES string of the molecule is Cc1ccc(C(=O)Nc2nc3c(s2)C[C@@H](N)CC3)cc1.Cl. The lowest BCUT2D eigenvalue weighted by Gasteiger charge is -2.15. The molecule has 112 valence electrons. The zero-order valence-corrected chi connectivity index (χ0v) is 13.4. The normalized spacial score (nSPS) is 16.8. The fourth-order valence-electron chi connectivity index (χ4n) is 2.33. The van der Waals surface area contributed by atoms with Crippen LogP contribution < -0.4 is 11.1 Å². The van der Waals surface area contributed by atoms with Gasteiger partial charge in [0.05, 0.1) is 5.69 Å². The maximum absolute atomic E-state index is 12.1. The lowest BCUT2D eigenvalue weighted by Crippen LogP contribution is -2.27. The third kappa shape index (κ3) is 3.61. The second-order valence-electron chi connectivity index (χ2n) is 5.21. The standard InChI is InChI=1S/C15H17N3OS.ClH/c1-9-2-4-10(5-3-9)14(19)18-15-17-12-7-6-11(16)8-13(12)20-15;/h2-5,11H,6-8,16H2,1H3,(H,17,18,19);1H/t11-;/m0./s1. The fraction of sp³-hybridized carbons (Fsp3) is 0.333. The molecule has 3 N–H and O–H groups in total. The summed E-state index contributed by atoms with van der Waals surface area (Å²) < 4.78 is 0. The van der Waals surface area contributed by atoms with Gasteiger partial charge in [0.2, 0.25) is 0 Å². The van der Waals surface area contributed by atoms with Gasteiger partial charge in [-0.15, -0.1) is 23.7 Å². The molecule has 1 aliphatic rings. The van der Waals surface area contributed by atoms with Crippen molar-refractivity contribution >= 4 is 34.8 Å². The van der Waals surface area contributed by atoms with Gasteiger partial charge >= 0.3 is 0 Å². The van der Waals surface area contributed by atoms with Gasteiger partial charge in [0.15, 0.2) is 5.13 Å². The van der Waals surface area contributed by atoms with Gasteiger partial charge in [-0.25, -0.2) is 4.98 Å². The summed E-state index contributed by atoms with van der Waals surface area (Å²) in [4.78, 5) is 17.8. The zero-order valence-electron chi connectivity index (χ0n) is 11.8. The number of halogens is 1. The van der Waals surface area contributed by atoms with Crippen LogP contribution in [0.3, 0.4) is 0 Å². The predicted octanol–water partition coefficient (Wildman–Crippen LogP) is 2.94. The number of nitrogens with zero attached hydrogens (tertiary/aromatic N) is 1. The number of rotatable bonds is 2. The minimum atomic E-state index is -0.111. The summed E-state index contributed by atoms with van der Waals surface area (Å²) >= 11 is 1.54. The van der Waals surface area contributed by atoms with E-state index in [1.807, 2.05) is 31.2 Å². The van der Waals surface area contributed by atoms with Crippen LogP contribution in [0.1, 0.15) is 32.9 Å². The Hall–Kier alpha value is -1.43. The van der Waals surface area contributed by atoms with Crippen LogP contribution in [0.25, 0.3) is 0 Å². The number of carbonyl (C=O) groups is 1. The summed E-state index contributed by atoms with van der Waals surface area (Å²) in [6.07, 6.45) is 2.75. The van der Waals surface area contributed by atoms with Gasteiger partial charge in [-0.1, -0.05) is 17.7 Å². The Morgan fingerprint density at radius 1 is 1.38 bits per heavy atom. The number of fused-ring (bicyclic) bond motifs is 1. The van der Waals surface area contributed by atoms with Gasteiger partial charge < -0.3 is 5.73 Å². The molecule has 2 aromatic rings. The maximum Gasteiger partial charge on any atom is 0.257 e. The number of nitrogens with one attached hydrogen (secondary N) is 1. The average Bonchev–Trinajstić information content (AvgIpc) is 2.80.